The molecule has 48 heavy (non-hydrogen) atoms. The third-order valence-electron chi connectivity index (χ3n) is 10.5. The molecule has 2 nitrogen and oxygen atoms in total. The Bertz CT molecular complexity index is 2590. The van der Waals surface area contributed by atoms with Crippen LogP contribution in [0, 0.1) is 20.8 Å². The van der Waals surface area contributed by atoms with Crippen molar-refractivity contribution in [2.24, 2.45) is 0 Å². The maximum absolute atomic E-state index is 6.77. The highest BCUT2D eigenvalue weighted by atomic mass is 16.5. The van der Waals surface area contributed by atoms with E-state index >= 15 is 0 Å². The first-order valence-corrected chi connectivity index (χ1v) is 16.8. The van der Waals surface area contributed by atoms with Crippen LogP contribution < -0.4 is 21.1 Å². The molecule has 0 N–H and O–H groups in total. The van der Waals surface area contributed by atoms with Gasteiger partial charge < -0.3 is 9.30 Å². The first-order valence-electron chi connectivity index (χ1n) is 16.8. The monoisotopic (exact) mass is 613 g/mol. The molecule has 0 atom stereocenters. The highest BCUT2D eigenvalue weighted by Crippen LogP contribution is 2.41. The summed E-state index contributed by atoms with van der Waals surface area (Å²) in [6.07, 6.45) is 0. The Morgan fingerprint density at radius 3 is 1.92 bits per heavy atom. The molecular formula is C45H32BNO. The number of fused-ring (bicyclic) bond motifs is 7. The van der Waals surface area contributed by atoms with Gasteiger partial charge in [0.2, 0.25) is 0 Å². The second-order valence-corrected chi connectivity index (χ2v) is 13.5. The Hall–Kier alpha value is -5.80. The number of aromatic nitrogens is 1. The van der Waals surface area contributed by atoms with Gasteiger partial charge in [-0.25, -0.2) is 0 Å². The van der Waals surface area contributed by atoms with Crippen molar-refractivity contribution >= 4 is 44.9 Å². The molecule has 226 valence electrons. The minimum absolute atomic E-state index is 0.0301. The molecule has 1 aromatic heterocycles. The van der Waals surface area contributed by atoms with Crippen LogP contribution in [0.3, 0.4) is 0 Å². The van der Waals surface area contributed by atoms with Gasteiger partial charge in [0, 0.05) is 22.0 Å². The van der Waals surface area contributed by atoms with Gasteiger partial charge in [-0.3, -0.25) is 0 Å². The summed E-state index contributed by atoms with van der Waals surface area (Å²) in [6.45, 7) is 6.67. The lowest BCUT2D eigenvalue weighted by Crippen LogP contribution is -2.58. The molecule has 0 amide bonds. The molecule has 0 fully saturated rings. The zero-order valence-electron chi connectivity index (χ0n) is 27.2. The average Bonchev–Trinajstić information content (AvgIpc) is 3.44. The number of ether oxygens (including phenoxy) is 1. The van der Waals surface area contributed by atoms with Crippen LogP contribution in [0.15, 0.2) is 140 Å². The summed E-state index contributed by atoms with van der Waals surface area (Å²) in [5.41, 5.74) is 18.8. The highest BCUT2D eigenvalue weighted by molar-refractivity contribution is 6.99. The van der Waals surface area contributed by atoms with Crippen LogP contribution in [0.4, 0.5) is 0 Å². The van der Waals surface area contributed by atoms with E-state index in [1.54, 1.807) is 0 Å². The molecule has 3 heterocycles. The van der Waals surface area contributed by atoms with Crippen LogP contribution in [0.5, 0.6) is 11.5 Å². The molecule has 2 aliphatic heterocycles. The fourth-order valence-electron chi connectivity index (χ4n) is 8.62. The topological polar surface area (TPSA) is 14.2 Å². The van der Waals surface area contributed by atoms with Crippen LogP contribution in [0.25, 0.3) is 60.9 Å². The maximum atomic E-state index is 6.77. The van der Waals surface area contributed by atoms with Gasteiger partial charge in [-0.15, -0.1) is 0 Å². The fourth-order valence-corrected chi connectivity index (χ4v) is 8.62. The van der Waals surface area contributed by atoms with Gasteiger partial charge in [0.15, 0.2) is 0 Å². The van der Waals surface area contributed by atoms with Crippen molar-refractivity contribution in [3.63, 3.8) is 0 Å². The van der Waals surface area contributed by atoms with E-state index in [0.29, 0.717) is 0 Å². The van der Waals surface area contributed by atoms with Gasteiger partial charge in [0.05, 0.1) is 5.52 Å². The van der Waals surface area contributed by atoms with Crippen LogP contribution in [-0.2, 0) is 0 Å². The molecule has 0 bridgehead atoms. The SMILES string of the molecule is Cc1cc(C)c(-c2ccc3c(c2)B2c4c(cccc4-n4c5ccc(-c6ccccc6)cc5c5cc(-c6ccccc6)cc2c54)O3)c(C)c1. The maximum Gasteiger partial charge on any atom is 0.256 e. The molecule has 0 aliphatic carbocycles. The molecular weight excluding hydrogens is 581 g/mol. The predicted molar refractivity (Wildman–Crippen MR) is 202 cm³/mol. The van der Waals surface area contributed by atoms with Gasteiger partial charge in [0.25, 0.3) is 6.71 Å². The van der Waals surface area contributed by atoms with Crippen LogP contribution in [0.2, 0.25) is 0 Å². The van der Waals surface area contributed by atoms with E-state index in [2.05, 4.69) is 165 Å². The third-order valence-corrected chi connectivity index (χ3v) is 10.5. The van der Waals surface area contributed by atoms with E-state index in [-0.39, 0.29) is 6.71 Å². The third kappa shape index (κ3) is 3.88. The summed E-state index contributed by atoms with van der Waals surface area (Å²) < 4.78 is 9.26. The Morgan fingerprint density at radius 1 is 0.500 bits per heavy atom. The lowest BCUT2D eigenvalue weighted by Gasteiger charge is -2.33. The van der Waals surface area contributed by atoms with E-state index in [1.807, 2.05) is 0 Å². The Kier molecular flexibility index (Phi) is 5.75. The van der Waals surface area contributed by atoms with Gasteiger partial charge in [-0.1, -0.05) is 109 Å². The summed E-state index contributed by atoms with van der Waals surface area (Å²) in [6, 6.07) is 51.3. The largest absolute Gasteiger partial charge is 0.458 e. The minimum atomic E-state index is 0.0301. The molecule has 0 spiro atoms. The van der Waals surface area contributed by atoms with Crippen molar-refractivity contribution in [3.05, 3.63) is 156 Å². The molecule has 0 saturated carbocycles. The Morgan fingerprint density at radius 2 is 1.17 bits per heavy atom. The van der Waals surface area contributed by atoms with Gasteiger partial charge in [-0.05, 0) is 118 Å². The second-order valence-electron chi connectivity index (χ2n) is 13.5. The lowest BCUT2D eigenvalue weighted by atomic mass is 9.34. The molecule has 7 aromatic carbocycles. The molecule has 3 heteroatoms. The van der Waals surface area contributed by atoms with E-state index in [1.165, 1.54) is 94.0 Å². The number of benzene rings is 7. The van der Waals surface area contributed by atoms with Crippen LogP contribution in [0.1, 0.15) is 16.7 Å². The Balaban J connectivity index is 1.31. The van der Waals surface area contributed by atoms with E-state index < -0.39 is 0 Å². The first kappa shape index (κ1) is 27.3. The van der Waals surface area contributed by atoms with Crippen molar-refractivity contribution in [1.82, 2.24) is 4.57 Å². The number of hydrogen-bond donors (Lipinski definition) is 0. The van der Waals surface area contributed by atoms with Crippen molar-refractivity contribution in [1.29, 1.82) is 0 Å². The van der Waals surface area contributed by atoms with Crippen LogP contribution in [-0.4, -0.2) is 11.3 Å². The van der Waals surface area contributed by atoms with Crippen molar-refractivity contribution in [2.45, 2.75) is 20.8 Å². The summed E-state index contributed by atoms with van der Waals surface area (Å²) >= 11 is 0. The summed E-state index contributed by atoms with van der Waals surface area (Å²) in [5, 5.41) is 2.55. The number of hydrogen-bond acceptors (Lipinski definition) is 1. The zero-order chi connectivity index (χ0) is 32.1. The standard InChI is InChI=1S/C45H32BNO/c1-27-21-28(2)43(29(3)22-27)33-18-20-41-37(25-33)46-38-26-34(31-13-8-5-9-14-31)24-36-35-23-32(30-11-6-4-7-12-30)17-19-39(35)47(45(36)38)40-15-10-16-42(48-41)44(40)46/h4-26H,1-3H3. The molecule has 0 unspecified atom stereocenters. The van der Waals surface area contributed by atoms with Crippen molar-refractivity contribution in [2.75, 3.05) is 0 Å². The molecule has 0 saturated heterocycles. The second kappa shape index (κ2) is 10.1. The van der Waals surface area contributed by atoms with E-state index in [4.69, 9.17) is 4.74 Å². The average molecular weight is 614 g/mol. The predicted octanol–water partition coefficient (Wildman–Crippen LogP) is 9.65. The number of nitrogens with zero attached hydrogens (tertiary/aromatic N) is 1. The van der Waals surface area contributed by atoms with Crippen molar-refractivity contribution in [3.8, 4) is 50.6 Å². The summed E-state index contributed by atoms with van der Waals surface area (Å²) in [7, 11) is 0. The molecule has 8 aromatic rings. The first-order chi connectivity index (χ1) is 23.5. The van der Waals surface area contributed by atoms with Gasteiger partial charge >= 0.3 is 0 Å². The van der Waals surface area contributed by atoms with Gasteiger partial charge in [-0.2, -0.15) is 0 Å². The normalized spacial score (nSPS) is 12.6. The lowest BCUT2D eigenvalue weighted by molar-refractivity contribution is 0.487. The number of aryl methyl sites for hydroxylation is 3. The number of rotatable bonds is 3. The Labute approximate surface area is 281 Å². The summed E-state index contributed by atoms with van der Waals surface area (Å²) in [4.78, 5) is 0. The molecule has 10 rings (SSSR count). The van der Waals surface area contributed by atoms with E-state index in [9.17, 15) is 0 Å². The summed E-state index contributed by atoms with van der Waals surface area (Å²) in [5.74, 6) is 1.87. The quantitative estimate of drug-likeness (QED) is 0.181. The fraction of sp³-hybridized carbons (Fsp3) is 0.0667. The smallest absolute Gasteiger partial charge is 0.256 e. The van der Waals surface area contributed by atoms with E-state index in [0.717, 1.165) is 11.5 Å². The van der Waals surface area contributed by atoms with Crippen LogP contribution >= 0.6 is 0 Å². The molecule has 0 radical (unpaired) electrons. The zero-order valence-corrected chi connectivity index (χ0v) is 27.2. The minimum Gasteiger partial charge on any atom is -0.458 e. The highest BCUT2D eigenvalue weighted by Gasteiger charge is 2.40. The van der Waals surface area contributed by atoms with Crippen molar-refractivity contribution < 1.29 is 4.74 Å². The van der Waals surface area contributed by atoms with Gasteiger partial charge in [0.1, 0.15) is 11.5 Å². The molecule has 2 aliphatic rings.